The Kier molecular flexibility index (Phi) is 11.1. The molecule has 31 heavy (non-hydrogen) atoms. The first-order valence-corrected chi connectivity index (χ1v) is 10.6. The van der Waals surface area contributed by atoms with Crippen molar-refractivity contribution < 1.29 is 34.2 Å². The summed E-state index contributed by atoms with van der Waals surface area (Å²) in [4.78, 5) is 66.0. The van der Waals surface area contributed by atoms with Gasteiger partial charge in [0.25, 0.3) is 0 Å². The number of carbonyl (C=O) groups excluding carboxylic acids is 3. The third-order valence-electron chi connectivity index (χ3n) is 4.05. The molecule has 0 fully saturated rings. The molecule has 0 radical (unpaired) electrons. The molecule has 1 aromatic rings. The van der Waals surface area contributed by atoms with Gasteiger partial charge in [0.1, 0.15) is 18.1 Å². The summed E-state index contributed by atoms with van der Waals surface area (Å²) >= 11 is 1.41. The third kappa shape index (κ3) is 9.48. The standard InChI is InChI=1S/C17H26N6O7S/c1-31-3-2-10(17(29)30)22-15(27)11(4-9-7-19-8-20-9)23-16(28)12(5-14(25)26)21-13(24)6-18/h7-8,10-12H,2-6,18H2,1H3,(H,19,20)(H,21,24)(H,22,27)(H,23,28)(H,25,26)(H,29,30). The highest BCUT2D eigenvalue weighted by Crippen LogP contribution is 2.05. The minimum absolute atomic E-state index is 0.0724. The second-order valence-corrected chi connectivity index (χ2v) is 7.43. The lowest BCUT2D eigenvalue weighted by molar-refractivity contribution is -0.143. The van der Waals surface area contributed by atoms with Crippen LogP contribution in [0.4, 0.5) is 0 Å². The average Bonchev–Trinajstić information content (AvgIpc) is 3.22. The molecular formula is C17H26N6O7S. The van der Waals surface area contributed by atoms with Crippen LogP contribution in [-0.4, -0.2) is 86.5 Å². The predicted molar refractivity (Wildman–Crippen MR) is 110 cm³/mol. The van der Waals surface area contributed by atoms with Crippen molar-refractivity contribution in [1.82, 2.24) is 25.9 Å². The zero-order valence-electron chi connectivity index (χ0n) is 16.8. The SMILES string of the molecule is CSCCC(NC(=O)C(Cc1cnc[nH]1)NC(=O)C(CC(=O)O)NC(=O)CN)C(=O)O. The second kappa shape index (κ2) is 13.2. The van der Waals surface area contributed by atoms with Crippen molar-refractivity contribution in [3.05, 3.63) is 18.2 Å². The van der Waals surface area contributed by atoms with Crippen LogP contribution in [0.3, 0.4) is 0 Å². The first-order chi connectivity index (χ1) is 14.7. The molecule has 0 bridgehead atoms. The van der Waals surface area contributed by atoms with Crippen LogP contribution in [0.1, 0.15) is 18.5 Å². The normalized spacial score (nSPS) is 13.5. The van der Waals surface area contributed by atoms with Crippen LogP contribution in [-0.2, 0) is 30.4 Å². The maximum absolute atomic E-state index is 12.8. The fourth-order valence-electron chi connectivity index (χ4n) is 2.50. The second-order valence-electron chi connectivity index (χ2n) is 6.45. The molecule has 0 saturated carbocycles. The van der Waals surface area contributed by atoms with E-state index in [1.165, 1.54) is 24.3 Å². The van der Waals surface area contributed by atoms with Gasteiger partial charge in [-0.1, -0.05) is 0 Å². The van der Waals surface area contributed by atoms with E-state index in [1.54, 1.807) is 6.26 Å². The first-order valence-electron chi connectivity index (χ1n) is 9.18. The number of hydrogen-bond acceptors (Lipinski definition) is 8. The van der Waals surface area contributed by atoms with Crippen LogP contribution >= 0.6 is 11.8 Å². The number of nitrogens with zero attached hydrogens (tertiary/aromatic N) is 1. The molecule has 13 nitrogen and oxygen atoms in total. The van der Waals surface area contributed by atoms with Crippen LogP contribution in [0, 0.1) is 0 Å². The van der Waals surface area contributed by atoms with E-state index in [0.717, 1.165) is 0 Å². The number of H-pyrrole nitrogens is 1. The smallest absolute Gasteiger partial charge is 0.326 e. The van der Waals surface area contributed by atoms with Gasteiger partial charge in [0.2, 0.25) is 17.7 Å². The number of aromatic amines is 1. The molecule has 1 heterocycles. The lowest BCUT2D eigenvalue weighted by atomic mass is 10.1. The number of imidazole rings is 1. The Morgan fingerprint density at radius 2 is 1.74 bits per heavy atom. The van der Waals surface area contributed by atoms with E-state index in [1.807, 2.05) is 0 Å². The zero-order chi connectivity index (χ0) is 23.4. The molecule has 0 aliphatic heterocycles. The van der Waals surface area contributed by atoms with E-state index >= 15 is 0 Å². The topological polar surface area (TPSA) is 217 Å². The average molecular weight is 458 g/mol. The molecule has 172 valence electrons. The minimum Gasteiger partial charge on any atom is -0.481 e. The van der Waals surface area contributed by atoms with Gasteiger partial charge in [0.05, 0.1) is 19.3 Å². The molecule has 3 amide bonds. The van der Waals surface area contributed by atoms with Crippen LogP contribution < -0.4 is 21.7 Å². The number of rotatable bonds is 14. The molecule has 1 aromatic heterocycles. The summed E-state index contributed by atoms with van der Waals surface area (Å²) in [6.07, 6.45) is 3.93. The van der Waals surface area contributed by atoms with Gasteiger partial charge in [0, 0.05) is 18.3 Å². The Balaban J connectivity index is 3.00. The van der Waals surface area contributed by atoms with Gasteiger partial charge in [-0.15, -0.1) is 0 Å². The Labute approximate surface area is 181 Å². The molecule has 0 aliphatic carbocycles. The summed E-state index contributed by atoms with van der Waals surface area (Å²) < 4.78 is 0. The number of carbonyl (C=O) groups is 5. The molecule has 0 aromatic carbocycles. The number of nitrogens with two attached hydrogens (primary N) is 1. The number of carboxylic acids is 2. The fraction of sp³-hybridized carbons (Fsp3) is 0.529. The van der Waals surface area contributed by atoms with Gasteiger partial charge in [0.15, 0.2) is 0 Å². The summed E-state index contributed by atoms with van der Waals surface area (Å²) in [5.74, 6) is -4.56. The highest BCUT2D eigenvalue weighted by molar-refractivity contribution is 7.98. The lowest BCUT2D eigenvalue weighted by Gasteiger charge is -2.23. The minimum atomic E-state index is -1.47. The molecule has 3 atom stereocenters. The fourth-order valence-corrected chi connectivity index (χ4v) is 2.97. The zero-order valence-corrected chi connectivity index (χ0v) is 17.6. The molecule has 14 heteroatoms. The van der Waals surface area contributed by atoms with Gasteiger partial charge in [-0.25, -0.2) is 9.78 Å². The summed E-state index contributed by atoms with van der Waals surface area (Å²) in [5, 5.41) is 25.3. The molecule has 0 aliphatic rings. The predicted octanol–water partition coefficient (Wildman–Crippen LogP) is -2.32. The highest BCUT2D eigenvalue weighted by Gasteiger charge is 2.30. The molecule has 1 rings (SSSR count). The summed E-state index contributed by atoms with van der Waals surface area (Å²) in [5.41, 5.74) is 5.66. The van der Waals surface area contributed by atoms with Crippen molar-refractivity contribution >= 4 is 41.4 Å². The molecule has 0 spiro atoms. The van der Waals surface area contributed by atoms with E-state index in [0.29, 0.717) is 11.4 Å². The van der Waals surface area contributed by atoms with Crippen molar-refractivity contribution in [3.63, 3.8) is 0 Å². The van der Waals surface area contributed by atoms with E-state index in [9.17, 15) is 29.1 Å². The van der Waals surface area contributed by atoms with E-state index in [4.69, 9.17) is 10.8 Å². The quantitative estimate of drug-likeness (QED) is 0.158. The summed E-state index contributed by atoms with van der Waals surface area (Å²) in [6.45, 7) is -0.461. The van der Waals surface area contributed by atoms with Crippen molar-refractivity contribution in [2.45, 2.75) is 37.4 Å². The maximum Gasteiger partial charge on any atom is 0.326 e. The number of aliphatic carboxylic acids is 2. The maximum atomic E-state index is 12.8. The van der Waals surface area contributed by atoms with Crippen LogP contribution in [0.5, 0.6) is 0 Å². The van der Waals surface area contributed by atoms with Gasteiger partial charge in [-0.3, -0.25) is 19.2 Å². The van der Waals surface area contributed by atoms with Crippen molar-refractivity contribution in [2.75, 3.05) is 18.6 Å². The van der Waals surface area contributed by atoms with E-state index < -0.39 is 60.8 Å². The lowest BCUT2D eigenvalue weighted by Crippen LogP contribution is -2.57. The van der Waals surface area contributed by atoms with Crippen molar-refractivity contribution in [3.8, 4) is 0 Å². The number of aromatic nitrogens is 2. The Hall–Kier alpha value is -3.13. The van der Waals surface area contributed by atoms with Crippen LogP contribution in [0.25, 0.3) is 0 Å². The Morgan fingerprint density at radius 3 is 2.26 bits per heavy atom. The van der Waals surface area contributed by atoms with Gasteiger partial charge in [-0.2, -0.15) is 11.8 Å². The van der Waals surface area contributed by atoms with Crippen LogP contribution in [0.2, 0.25) is 0 Å². The highest BCUT2D eigenvalue weighted by atomic mass is 32.2. The number of amides is 3. The summed E-state index contributed by atoms with van der Waals surface area (Å²) in [6, 6.07) is -3.90. The molecular weight excluding hydrogens is 432 g/mol. The number of nitrogens with one attached hydrogen (secondary N) is 4. The third-order valence-corrected chi connectivity index (χ3v) is 4.70. The van der Waals surface area contributed by atoms with Crippen molar-refractivity contribution in [2.24, 2.45) is 5.73 Å². The Morgan fingerprint density at radius 1 is 1.10 bits per heavy atom. The molecule has 3 unspecified atom stereocenters. The monoisotopic (exact) mass is 458 g/mol. The van der Waals surface area contributed by atoms with Crippen LogP contribution in [0.15, 0.2) is 12.5 Å². The van der Waals surface area contributed by atoms with Crippen molar-refractivity contribution in [1.29, 1.82) is 0 Å². The van der Waals surface area contributed by atoms with Gasteiger partial charge >= 0.3 is 11.9 Å². The molecule has 0 saturated heterocycles. The van der Waals surface area contributed by atoms with Gasteiger partial charge < -0.3 is 36.9 Å². The number of thioether (sulfide) groups is 1. The Bertz CT molecular complexity index is 773. The summed E-state index contributed by atoms with van der Waals surface area (Å²) in [7, 11) is 0. The number of hydrogen-bond donors (Lipinski definition) is 7. The van der Waals surface area contributed by atoms with Gasteiger partial charge in [-0.05, 0) is 18.4 Å². The van der Waals surface area contributed by atoms with E-state index in [2.05, 4.69) is 25.9 Å². The molecule has 8 N–H and O–H groups in total. The largest absolute Gasteiger partial charge is 0.481 e. The number of carboxylic acid groups (broad SMARTS) is 2. The van der Waals surface area contributed by atoms with E-state index in [-0.39, 0.29) is 12.8 Å². The first kappa shape index (κ1) is 25.9.